The highest BCUT2D eigenvalue weighted by Crippen LogP contribution is 2.24. The minimum atomic E-state index is 0.0268. The summed E-state index contributed by atoms with van der Waals surface area (Å²) in [4.78, 5) is 16.7. The van der Waals surface area contributed by atoms with Gasteiger partial charge in [0.15, 0.2) is 0 Å². The van der Waals surface area contributed by atoms with E-state index < -0.39 is 0 Å². The van der Waals surface area contributed by atoms with E-state index in [2.05, 4.69) is 34.3 Å². The Morgan fingerprint density at radius 1 is 1.14 bits per heavy atom. The van der Waals surface area contributed by atoms with Gasteiger partial charge in [-0.05, 0) is 18.7 Å². The second-order valence-corrected chi connectivity index (χ2v) is 5.29. The summed E-state index contributed by atoms with van der Waals surface area (Å²) in [5.74, 6) is 0.0268. The zero-order chi connectivity index (χ0) is 14.7. The predicted octanol–water partition coefficient (Wildman–Crippen LogP) is 1.61. The molecule has 0 N–H and O–H groups in total. The van der Waals surface area contributed by atoms with Crippen molar-refractivity contribution < 1.29 is 4.79 Å². The molecular weight excluding hydrogens is 264 g/mol. The molecule has 1 aromatic carbocycles. The van der Waals surface area contributed by atoms with Crippen LogP contribution in [0.25, 0.3) is 0 Å². The predicted molar refractivity (Wildman–Crippen MR) is 79.7 cm³/mol. The first-order chi connectivity index (χ1) is 10.3. The average Bonchev–Trinajstić information content (AvgIpc) is 2.56. The largest absolute Gasteiger partial charge is 0.335 e. The molecule has 0 bridgehead atoms. The van der Waals surface area contributed by atoms with E-state index in [1.807, 2.05) is 23.1 Å². The third-order valence-electron chi connectivity index (χ3n) is 3.95. The van der Waals surface area contributed by atoms with E-state index in [0.29, 0.717) is 12.1 Å². The van der Waals surface area contributed by atoms with Crippen molar-refractivity contribution in [2.75, 3.05) is 26.7 Å². The van der Waals surface area contributed by atoms with Gasteiger partial charge in [0.25, 0.3) is 5.91 Å². The Hall–Kier alpha value is -2.27. The maximum absolute atomic E-state index is 12.5. The van der Waals surface area contributed by atoms with Crippen LogP contribution in [0.4, 0.5) is 0 Å². The average molecular weight is 282 g/mol. The van der Waals surface area contributed by atoms with Gasteiger partial charge >= 0.3 is 0 Å². The van der Waals surface area contributed by atoms with E-state index in [-0.39, 0.29) is 11.9 Å². The third kappa shape index (κ3) is 2.92. The van der Waals surface area contributed by atoms with Gasteiger partial charge in [-0.15, -0.1) is 0 Å². The first kappa shape index (κ1) is 13.7. The Kier molecular flexibility index (Phi) is 3.92. The van der Waals surface area contributed by atoms with Gasteiger partial charge in [-0.25, -0.2) is 0 Å². The number of rotatable bonds is 2. The molecule has 1 fully saturated rings. The lowest BCUT2D eigenvalue weighted by Gasteiger charge is -2.39. The number of carbonyl (C=O) groups excluding carboxylic acids is 1. The number of nitrogens with zero attached hydrogens (tertiary/aromatic N) is 4. The number of amides is 1. The van der Waals surface area contributed by atoms with Crippen LogP contribution in [-0.4, -0.2) is 52.6 Å². The van der Waals surface area contributed by atoms with Gasteiger partial charge in [0.05, 0.1) is 24.0 Å². The first-order valence-electron chi connectivity index (χ1n) is 7.07. The zero-order valence-electron chi connectivity index (χ0n) is 12.0. The molecular formula is C16H18N4O. The highest BCUT2D eigenvalue weighted by atomic mass is 16.2. The summed E-state index contributed by atoms with van der Waals surface area (Å²) in [6.07, 6.45) is 3.08. The fourth-order valence-corrected chi connectivity index (χ4v) is 2.69. The second kappa shape index (κ2) is 6.01. The fraction of sp³-hybridized carbons (Fsp3) is 0.312. The van der Waals surface area contributed by atoms with Crippen LogP contribution in [0, 0.1) is 0 Å². The molecule has 0 aliphatic carbocycles. The van der Waals surface area contributed by atoms with E-state index in [1.165, 1.54) is 11.8 Å². The Balaban J connectivity index is 1.78. The molecule has 1 aromatic heterocycles. The third-order valence-corrected chi connectivity index (χ3v) is 3.95. The van der Waals surface area contributed by atoms with Crippen molar-refractivity contribution in [1.82, 2.24) is 20.0 Å². The molecule has 5 heteroatoms. The molecule has 1 atom stereocenters. The molecule has 1 aliphatic heterocycles. The SMILES string of the molecule is CN1CCN(C(=O)c2ccnnc2)C[C@@H]1c1ccccc1. The summed E-state index contributed by atoms with van der Waals surface area (Å²) < 4.78 is 0. The lowest BCUT2D eigenvalue weighted by Crippen LogP contribution is -2.49. The standard InChI is InChI=1S/C16H18N4O/c1-19-9-10-20(16(21)14-7-8-17-18-11-14)12-15(19)13-5-3-2-4-6-13/h2-8,11,15H,9-10,12H2,1H3/t15-/m1/s1. The summed E-state index contributed by atoms with van der Waals surface area (Å²) in [5.41, 5.74) is 1.84. The van der Waals surface area contributed by atoms with Crippen LogP contribution in [0.15, 0.2) is 48.8 Å². The highest BCUT2D eigenvalue weighted by Gasteiger charge is 2.28. The fourth-order valence-electron chi connectivity index (χ4n) is 2.69. The molecule has 0 radical (unpaired) electrons. The minimum Gasteiger partial charge on any atom is -0.335 e. The van der Waals surface area contributed by atoms with Gasteiger partial charge < -0.3 is 4.90 Å². The van der Waals surface area contributed by atoms with E-state index in [4.69, 9.17) is 0 Å². The number of benzene rings is 1. The quantitative estimate of drug-likeness (QED) is 0.839. The Morgan fingerprint density at radius 3 is 2.67 bits per heavy atom. The van der Waals surface area contributed by atoms with Crippen molar-refractivity contribution in [3.63, 3.8) is 0 Å². The molecule has 108 valence electrons. The summed E-state index contributed by atoms with van der Waals surface area (Å²) in [6, 6.07) is 12.3. The molecule has 2 heterocycles. The number of carbonyl (C=O) groups is 1. The van der Waals surface area contributed by atoms with Gasteiger partial charge in [-0.1, -0.05) is 30.3 Å². The van der Waals surface area contributed by atoms with E-state index >= 15 is 0 Å². The molecule has 1 saturated heterocycles. The highest BCUT2D eigenvalue weighted by molar-refractivity contribution is 5.93. The molecule has 1 aliphatic rings. The molecule has 0 spiro atoms. The van der Waals surface area contributed by atoms with Crippen LogP contribution < -0.4 is 0 Å². The van der Waals surface area contributed by atoms with Crippen LogP contribution in [0.2, 0.25) is 0 Å². The number of aromatic nitrogens is 2. The van der Waals surface area contributed by atoms with Crippen LogP contribution in [0.5, 0.6) is 0 Å². The van der Waals surface area contributed by atoms with Crippen LogP contribution >= 0.6 is 0 Å². The summed E-state index contributed by atoms with van der Waals surface area (Å²) in [6.45, 7) is 2.30. The number of likely N-dealkylation sites (N-methyl/N-ethyl adjacent to an activating group) is 1. The van der Waals surface area contributed by atoms with Gasteiger partial charge in [-0.3, -0.25) is 9.69 Å². The van der Waals surface area contributed by atoms with Crippen molar-refractivity contribution in [2.45, 2.75) is 6.04 Å². The van der Waals surface area contributed by atoms with Crippen molar-refractivity contribution in [3.05, 3.63) is 59.9 Å². The van der Waals surface area contributed by atoms with Crippen molar-refractivity contribution in [2.24, 2.45) is 0 Å². The molecule has 2 aromatic rings. The number of hydrogen-bond acceptors (Lipinski definition) is 4. The lowest BCUT2D eigenvalue weighted by molar-refractivity contribution is 0.0545. The maximum Gasteiger partial charge on any atom is 0.255 e. The number of hydrogen-bond donors (Lipinski definition) is 0. The van der Waals surface area contributed by atoms with E-state index in [9.17, 15) is 4.79 Å². The summed E-state index contributed by atoms with van der Waals surface area (Å²) >= 11 is 0. The zero-order valence-corrected chi connectivity index (χ0v) is 12.0. The second-order valence-electron chi connectivity index (χ2n) is 5.29. The number of piperazine rings is 1. The Morgan fingerprint density at radius 2 is 1.95 bits per heavy atom. The lowest BCUT2D eigenvalue weighted by atomic mass is 10.0. The molecule has 0 unspecified atom stereocenters. The van der Waals surface area contributed by atoms with Crippen molar-refractivity contribution >= 4 is 5.91 Å². The van der Waals surface area contributed by atoms with Gasteiger partial charge in [0.1, 0.15) is 0 Å². The smallest absolute Gasteiger partial charge is 0.255 e. The van der Waals surface area contributed by atoms with Crippen LogP contribution in [0.1, 0.15) is 22.0 Å². The summed E-state index contributed by atoms with van der Waals surface area (Å²) in [5, 5.41) is 7.50. The Bertz CT molecular complexity index is 602. The topological polar surface area (TPSA) is 49.3 Å². The molecule has 0 saturated carbocycles. The van der Waals surface area contributed by atoms with Gasteiger partial charge in [0, 0.05) is 19.6 Å². The van der Waals surface area contributed by atoms with E-state index in [1.54, 1.807) is 12.3 Å². The monoisotopic (exact) mass is 282 g/mol. The maximum atomic E-state index is 12.5. The Labute approximate surface area is 124 Å². The summed E-state index contributed by atoms with van der Waals surface area (Å²) in [7, 11) is 2.10. The molecule has 1 amide bonds. The van der Waals surface area contributed by atoms with Crippen LogP contribution in [0.3, 0.4) is 0 Å². The van der Waals surface area contributed by atoms with Gasteiger partial charge in [0.2, 0.25) is 0 Å². The van der Waals surface area contributed by atoms with E-state index in [0.717, 1.165) is 13.1 Å². The van der Waals surface area contributed by atoms with Gasteiger partial charge in [-0.2, -0.15) is 10.2 Å². The van der Waals surface area contributed by atoms with Crippen molar-refractivity contribution in [3.8, 4) is 0 Å². The normalized spacial score (nSPS) is 19.5. The molecule has 21 heavy (non-hydrogen) atoms. The molecule has 3 rings (SSSR count). The van der Waals surface area contributed by atoms with Crippen molar-refractivity contribution in [1.29, 1.82) is 0 Å². The first-order valence-corrected chi connectivity index (χ1v) is 7.07. The minimum absolute atomic E-state index is 0.0268. The molecule has 5 nitrogen and oxygen atoms in total. The van der Waals surface area contributed by atoms with Crippen LogP contribution in [-0.2, 0) is 0 Å².